The Labute approximate surface area is 125 Å². The molecule has 1 aliphatic carbocycles. The van der Waals surface area contributed by atoms with Gasteiger partial charge in [0.25, 0.3) is 0 Å². The molecule has 0 unspecified atom stereocenters. The lowest BCUT2D eigenvalue weighted by Crippen LogP contribution is -2.29. The Hall–Kier alpha value is -1.00. The average molecular weight is 292 g/mol. The van der Waals surface area contributed by atoms with Crippen LogP contribution in [0.5, 0.6) is 0 Å². The van der Waals surface area contributed by atoms with E-state index >= 15 is 0 Å². The number of benzene rings is 1. The molecule has 3 nitrogen and oxygen atoms in total. The van der Waals surface area contributed by atoms with Crippen molar-refractivity contribution in [3.8, 4) is 0 Å². The van der Waals surface area contributed by atoms with Crippen LogP contribution in [0.25, 0.3) is 0 Å². The van der Waals surface area contributed by atoms with Crippen molar-refractivity contribution < 1.29 is 4.79 Å². The van der Waals surface area contributed by atoms with Gasteiger partial charge in [0.1, 0.15) is 0 Å². The molecule has 4 heteroatoms. The lowest BCUT2D eigenvalue weighted by molar-refractivity contribution is -0.120. The van der Waals surface area contributed by atoms with Crippen LogP contribution in [0.4, 0.5) is 5.69 Å². The highest BCUT2D eigenvalue weighted by Gasteiger charge is 2.31. The first-order chi connectivity index (χ1) is 9.74. The molecule has 1 saturated carbocycles. The van der Waals surface area contributed by atoms with E-state index in [0.717, 1.165) is 36.5 Å². The van der Waals surface area contributed by atoms with Gasteiger partial charge in [-0.2, -0.15) is 11.8 Å². The molecule has 1 aromatic carbocycles. The minimum Gasteiger partial charge on any atom is -0.330 e. The second-order valence-electron chi connectivity index (χ2n) is 5.36. The van der Waals surface area contributed by atoms with E-state index < -0.39 is 0 Å². The molecular weight excluding hydrogens is 268 g/mol. The third kappa shape index (κ3) is 4.00. The molecule has 1 amide bonds. The first-order valence-electron chi connectivity index (χ1n) is 7.42. The van der Waals surface area contributed by atoms with E-state index in [1.54, 1.807) is 0 Å². The zero-order valence-electron chi connectivity index (χ0n) is 12.1. The van der Waals surface area contributed by atoms with Gasteiger partial charge in [-0.05, 0) is 48.8 Å². The van der Waals surface area contributed by atoms with Gasteiger partial charge in [0.15, 0.2) is 0 Å². The average Bonchev–Trinajstić information content (AvgIpc) is 2.94. The highest BCUT2D eigenvalue weighted by Crippen LogP contribution is 2.32. The van der Waals surface area contributed by atoms with Gasteiger partial charge >= 0.3 is 0 Å². The molecule has 0 heterocycles. The predicted octanol–water partition coefficient (Wildman–Crippen LogP) is 3.25. The van der Waals surface area contributed by atoms with Crippen LogP contribution in [0, 0.1) is 11.8 Å². The number of hydrogen-bond acceptors (Lipinski definition) is 3. The zero-order chi connectivity index (χ0) is 14.4. The van der Waals surface area contributed by atoms with Gasteiger partial charge in [0.05, 0.1) is 0 Å². The number of anilines is 1. The van der Waals surface area contributed by atoms with E-state index in [0.29, 0.717) is 12.5 Å². The summed E-state index contributed by atoms with van der Waals surface area (Å²) in [6, 6.07) is 8.16. The zero-order valence-corrected chi connectivity index (χ0v) is 12.9. The smallest absolute Gasteiger partial charge is 0.227 e. The van der Waals surface area contributed by atoms with Crippen molar-refractivity contribution >= 4 is 23.4 Å². The van der Waals surface area contributed by atoms with Crippen molar-refractivity contribution in [3.63, 3.8) is 0 Å². The topological polar surface area (TPSA) is 55.1 Å². The molecular formula is C16H24N2OS. The van der Waals surface area contributed by atoms with Gasteiger partial charge in [-0.1, -0.05) is 25.5 Å². The van der Waals surface area contributed by atoms with E-state index in [9.17, 15) is 4.79 Å². The molecule has 110 valence electrons. The van der Waals surface area contributed by atoms with E-state index in [-0.39, 0.29) is 11.8 Å². The molecule has 0 radical (unpaired) electrons. The van der Waals surface area contributed by atoms with Crippen molar-refractivity contribution in [2.45, 2.75) is 31.9 Å². The minimum atomic E-state index is 0.0914. The van der Waals surface area contributed by atoms with E-state index in [1.807, 2.05) is 23.9 Å². The minimum absolute atomic E-state index is 0.0914. The van der Waals surface area contributed by atoms with E-state index in [1.165, 1.54) is 5.56 Å². The molecule has 3 N–H and O–H groups in total. The largest absolute Gasteiger partial charge is 0.330 e. The molecule has 0 saturated heterocycles. The predicted molar refractivity (Wildman–Crippen MR) is 86.8 cm³/mol. The number of nitrogens with two attached hydrogens (primary N) is 1. The monoisotopic (exact) mass is 292 g/mol. The van der Waals surface area contributed by atoms with Crippen LogP contribution in [0.2, 0.25) is 0 Å². The maximum atomic E-state index is 12.3. The first kappa shape index (κ1) is 15.4. The maximum Gasteiger partial charge on any atom is 0.227 e. The number of hydrogen-bond donors (Lipinski definition) is 2. The molecule has 2 rings (SSSR count). The van der Waals surface area contributed by atoms with Gasteiger partial charge in [-0.15, -0.1) is 0 Å². The molecule has 0 bridgehead atoms. The Kier molecular flexibility index (Phi) is 5.92. The van der Waals surface area contributed by atoms with Gasteiger partial charge in [-0.25, -0.2) is 0 Å². The number of carbonyl (C=O) groups excluding carboxylic acids is 1. The molecule has 1 fully saturated rings. The van der Waals surface area contributed by atoms with Crippen molar-refractivity contribution in [1.82, 2.24) is 0 Å². The SMILES string of the molecule is CCSCc1cccc(NC(=O)[C@@H]2CCC[C@@H]2CN)c1. The Balaban J connectivity index is 1.97. The van der Waals surface area contributed by atoms with Crippen LogP contribution in [-0.2, 0) is 10.5 Å². The molecule has 1 aromatic rings. The van der Waals surface area contributed by atoms with E-state index in [4.69, 9.17) is 5.73 Å². The van der Waals surface area contributed by atoms with Gasteiger partial charge in [-0.3, -0.25) is 4.79 Å². The number of amides is 1. The summed E-state index contributed by atoms with van der Waals surface area (Å²) < 4.78 is 0. The standard InChI is InChI=1S/C16H24N2OS/c1-2-20-11-12-5-3-7-14(9-12)18-16(19)15-8-4-6-13(15)10-17/h3,5,7,9,13,15H,2,4,6,8,10-11,17H2,1H3,(H,18,19)/t13-,15-/m1/s1. The molecule has 2 atom stereocenters. The lowest BCUT2D eigenvalue weighted by atomic mass is 9.95. The van der Waals surface area contributed by atoms with Gasteiger partial charge in [0, 0.05) is 17.4 Å². The van der Waals surface area contributed by atoms with Gasteiger partial charge < -0.3 is 11.1 Å². The summed E-state index contributed by atoms with van der Waals surface area (Å²) >= 11 is 1.89. The quantitative estimate of drug-likeness (QED) is 0.846. The Morgan fingerprint density at radius 3 is 3.05 bits per heavy atom. The van der Waals surface area contributed by atoms with Gasteiger partial charge in [0.2, 0.25) is 5.91 Å². The highest BCUT2D eigenvalue weighted by molar-refractivity contribution is 7.98. The van der Waals surface area contributed by atoms with E-state index in [2.05, 4.69) is 24.4 Å². The maximum absolute atomic E-state index is 12.3. The van der Waals surface area contributed by atoms with Crippen molar-refractivity contribution in [2.24, 2.45) is 17.6 Å². The van der Waals surface area contributed by atoms with Crippen molar-refractivity contribution in [3.05, 3.63) is 29.8 Å². The number of rotatable bonds is 6. The number of carbonyl (C=O) groups is 1. The molecule has 0 spiro atoms. The Morgan fingerprint density at radius 1 is 1.45 bits per heavy atom. The van der Waals surface area contributed by atoms with Crippen LogP contribution in [-0.4, -0.2) is 18.2 Å². The molecule has 0 aromatic heterocycles. The van der Waals surface area contributed by atoms with Crippen molar-refractivity contribution in [1.29, 1.82) is 0 Å². The van der Waals surface area contributed by atoms with Crippen LogP contribution in [0.1, 0.15) is 31.7 Å². The second-order valence-corrected chi connectivity index (χ2v) is 6.63. The van der Waals surface area contributed by atoms with Crippen LogP contribution < -0.4 is 11.1 Å². The van der Waals surface area contributed by atoms with Crippen LogP contribution >= 0.6 is 11.8 Å². The summed E-state index contributed by atoms with van der Waals surface area (Å²) in [5.74, 6) is 2.69. The fraction of sp³-hybridized carbons (Fsp3) is 0.562. The van der Waals surface area contributed by atoms with Crippen LogP contribution in [0.15, 0.2) is 24.3 Å². The summed E-state index contributed by atoms with van der Waals surface area (Å²) in [6.07, 6.45) is 3.17. The fourth-order valence-electron chi connectivity index (χ4n) is 2.86. The first-order valence-corrected chi connectivity index (χ1v) is 8.57. The Morgan fingerprint density at radius 2 is 2.30 bits per heavy atom. The summed E-state index contributed by atoms with van der Waals surface area (Å²) in [6.45, 7) is 2.77. The van der Waals surface area contributed by atoms with Crippen molar-refractivity contribution in [2.75, 3.05) is 17.6 Å². The third-order valence-electron chi connectivity index (χ3n) is 3.97. The highest BCUT2D eigenvalue weighted by atomic mass is 32.2. The third-order valence-corrected chi connectivity index (χ3v) is 4.91. The van der Waals surface area contributed by atoms with Crippen LogP contribution in [0.3, 0.4) is 0 Å². The molecule has 20 heavy (non-hydrogen) atoms. The fourth-order valence-corrected chi connectivity index (χ4v) is 3.48. The summed E-state index contributed by atoms with van der Waals surface area (Å²) in [4.78, 5) is 12.3. The lowest BCUT2D eigenvalue weighted by Gasteiger charge is -2.17. The Bertz CT molecular complexity index is 450. The second kappa shape index (κ2) is 7.70. The normalized spacial score (nSPS) is 21.9. The summed E-state index contributed by atoms with van der Waals surface area (Å²) in [5.41, 5.74) is 7.92. The summed E-state index contributed by atoms with van der Waals surface area (Å²) in [5, 5.41) is 3.06. The molecule has 1 aliphatic rings. The summed E-state index contributed by atoms with van der Waals surface area (Å²) in [7, 11) is 0. The molecule has 0 aliphatic heterocycles. The number of nitrogens with one attached hydrogen (secondary N) is 1. The number of thioether (sulfide) groups is 1.